The molecule has 1 aromatic carbocycles. The molecule has 0 fully saturated rings. The third-order valence-corrected chi connectivity index (χ3v) is 4.78. The predicted octanol–water partition coefficient (Wildman–Crippen LogP) is 3.21. The predicted molar refractivity (Wildman–Crippen MR) is 107 cm³/mol. The van der Waals surface area contributed by atoms with Crippen molar-refractivity contribution in [1.29, 1.82) is 5.26 Å². The summed E-state index contributed by atoms with van der Waals surface area (Å²) in [5.74, 6) is -1.34. The molecule has 29 heavy (non-hydrogen) atoms. The molecule has 3 N–H and O–H groups in total. The zero-order valence-electron chi connectivity index (χ0n) is 15.4. The molecule has 0 aliphatic heterocycles. The van der Waals surface area contributed by atoms with Crippen molar-refractivity contribution in [3.05, 3.63) is 64.7 Å². The van der Waals surface area contributed by atoms with Gasteiger partial charge in [-0.1, -0.05) is 0 Å². The van der Waals surface area contributed by atoms with Crippen molar-refractivity contribution >= 4 is 39.9 Å². The number of carbonyl (C=O) groups is 2. The Bertz CT molecular complexity index is 1120. The van der Waals surface area contributed by atoms with E-state index in [1.165, 1.54) is 25.4 Å². The van der Waals surface area contributed by atoms with Gasteiger partial charge in [0.1, 0.15) is 22.7 Å². The zero-order chi connectivity index (χ0) is 21.0. The third kappa shape index (κ3) is 4.36. The second kappa shape index (κ2) is 8.45. The van der Waals surface area contributed by atoms with E-state index in [1.807, 2.05) is 6.07 Å². The van der Waals surface area contributed by atoms with Crippen LogP contribution < -0.4 is 16.0 Å². The van der Waals surface area contributed by atoms with Gasteiger partial charge < -0.3 is 16.0 Å². The first-order valence-corrected chi connectivity index (χ1v) is 9.12. The highest BCUT2D eigenvalue weighted by molar-refractivity contribution is 7.10. The van der Waals surface area contributed by atoms with Crippen molar-refractivity contribution in [2.45, 2.75) is 6.92 Å². The average molecular weight is 410 g/mol. The second-order valence-electron chi connectivity index (χ2n) is 5.87. The molecule has 0 saturated heterocycles. The van der Waals surface area contributed by atoms with Gasteiger partial charge in [-0.3, -0.25) is 9.59 Å². The highest BCUT2D eigenvalue weighted by atomic mass is 32.1. The summed E-state index contributed by atoms with van der Waals surface area (Å²) in [6.07, 6.45) is 1.41. The molecule has 10 heteroatoms. The lowest BCUT2D eigenvalue weighted by atomic mass is 10.1. The molecule has 0 radical (unpaired) electrons. The number of rotatable bonds is 5. The number of benzene rings is 1. The summed E-state index contributed by atoms with van der Waals surface area (Å²) >= 11 is 1.08. The van der Waals surface area contributed by atoms with Gasteiger partial charge >= 0.3 is 0 Å². The summed E-state index contributed by atoms with van der Waals surface area (Å²) in [5.41, 5.74) is 1.28. The monoisotopic (exact) mass is 410 g/mol. The van der Waals surface area contributed by atoms with E-state index < -0.39 is 17.6 Å². The van der Waals surface area contributed by atoms with Crippen LogP contribution in [0.4, 0.5) is 20.9 Å². The summed E-state index contributed by atoms with van der Waals surface area (Å²) in [6, 6.07) is 9.00. The van der Waals surface area contributed by atoms with E-state index in [-0.39, 0.29) is 16.8 Å². The van der Waals surface area contributed by atoms with Crippen LogP contribution in [0.3, 0.4) is 0 Å². The van der Waals surface area contributed by atoms with Gasteiger partial charge in [0.05, 0.1) is 22.4 Å². The first-order valence-electron chi connectivity index (χ1n) is 8.35. The number of halogens is 1. The largest absolute Gasteiger partial charge is 0.355 e. The fraction of sp³-hybridized carbons (Fsp3) is 0.105. The maximum Gasteiger partial charge on any atom is 0.260 e. The van der Waals surface area contributed by atoms with Gasteiger partial charge in [-0.15, -0.1) is 0 Å². The highest BCUT2D eigenvalue weighted by Crippen LogP contribution is 2.28. The van der Waals surface area contributed by atoms with Crippen LogP contribution in [0.15, 0.2) is 36.5 Å². The number of aromatic nitrogens is 2. The zero-order valence-corrected chi connectivity index (χ0v) is 16.2. The fourth-order valence-electron chi connectivity index (χ4n) is 2.48. The molecule has 146 valence electrons. The summed E-state index contributed by atoms with van der Waals surface area (Å²) in [7, 11) is 1.40. The topological polar surface area (TPSA) is 120 Å². The minimum absolute atomic E-state index is 0.117. The summed E-state index contributed by atoms with van der Waals surface area (Å²) in [6.45, 7) is 1.68. The Balaban J connectivity index is 1.81. The first-order chi connectivity index (χ1) is 13.9. The second-order valence-corrected chi connectivity index (χ2v) is 6.64. The van der Waals surface area contributed by atoms with Crippen LogP contribution in [0.2, 0.25) is 0 Å². The quantitative estimate of drug-likeness (QED) is 0.594. The van der Waals surface area contributed by atoms with Crippen LogP contribution in [-0.2, 0) is 0 Å². The van der Waals surface area contributed by atoms with Gasteiger partial charge in [0.15, 0.2) is 0 Å². The Kier molecular flexibility index (Phi) is 5.80. The molecular formula is C19H15FN6O2S. The standard InChI is InChI=1S/C19H15FN6O2S/c1-10-16(19(29-26-10)25-15-6-3-11(8-21)9-23-15)18(28)24-12-4-5-13(14(20)7-12)17(27)22-2/h3-7,9H,1-2H3,(H,22,27)(H,23,25)(H,24,28). The van der Waals surface area contributed by atoms with Crippen LogP contribution >= 0.6 is 11.5 Å². The summed E-state index contributed by atoms with van der Waals surface area (Å²) < 4.78 is 18.3. The Morgan fingerprint density at radius 1 is 1.21 bits per heavy atom. The molecule has 0 aliphatic carbocycles. The lowest BCUT2D eigenvalue weighted by Crippen LogP contribution is -2.19. The van der Waals surface area contributed by atoms with E-state index in [4.69, 9.17) is 5.26 Å². The number of aryl methyl sites for hydroxylation is 1. The van der Waals surface area contributed by atoms with Gasteiger partial charge in [-0.05, 0) is 48.8 Å². The number of hydrogen-bond acceptors (Lipinski definition) is 7. The molecule has 0 aliphatic rings. The van der Waals surface area contributed by atoms with E-state index in [1.54, 1.807) is 19.1 Å². The van der Waals surface area contributed by atoms with Crippen molar-refractivity contribution in [3.8, 4) is 6.07 Å². The van der Waals surface area contributed by atoms with E-state index in [0.29, 0.717) is 22.1 Å². The molecule has 2 aromatic heterocycles. The Morgan fingerprint density at radius 3 is 2.62 bits per heavy atom. The van der Waals surface area contributed by atoms with Crippen LogP contribution in [-0.4, -0.2) is 28.2 Å². The third-order valence-electron chi connectivity index (χ3n) is 3.92. The van der Waals surface area contributed by atoms with E-state index in [0.717, 1.165) is 17.6 Å². The first kappa shape index (κ1) is 19.9. The SMILES string of the molecule is CNC(=O)c1ccc(NC(=O)c2c(C)nsc2Nc2ccc(C#N)cn2)cc1F. The van der Waals surface area contributed by atoms with Crippen molar-refractivity contribution in [1.82, 2.24) is 14.7 Å². The molecule has 0 unspecified atom stereocenters. The molecule has 3 aromatic rings. The Morgan fingerprint density at radius 2 is 2.00 bits per heavy atom. The van der Waals surface area contributed by atoms with Crippen molar-refractivity contribution < 1.29 is 14.0 Å². The van der Waals surface area contributed by atoms with Crippen LogP contribution in [0.1, 0.15) is 32.0 Å². The minimum atomic E-state index is -0.748. The van der Waals surface area contributed by atoms with Crippen LogP contribution in [0.5, 0.6) is 0 Å². The number of nitrogens with zero attached hydrogens (tertiary/aromatic N) is 3. The number of pyridine rings is 1. The van der Waals surface area contributed by atoms with Crippen molar-refractivity contribution in [3.63, 3.8) is 0 Å². The number of anilines is 3. The number of amides is 2. The Labute approximate surface area is 169 Å². The highest BCUT2D eigenvalue weighted by Gasteiger charge is 2.20. The van der Waals surface area contributed by atoms with Gasteiger partial charge in [0.2, 0.25) is 0 Å². The van der Waals surface area contributed by atoms with Crippen molar-refractivity contribution in [2.75, 3.05) is 17.7 Å². The molecule has 0 spiro atoms. The molecular weight excluding hydrogens is 395 g/mol. The molecule has 2 amide bonds. The van der Waals surface area contributed by atoms with E-state index in [9.17, 15) is 14.0 Å². The fourth-order valence-corrected chi connectivity index (χ4v) is 3.28. The van der Waals surface area contributed by atoms with Crippen molar-refractivity contribution in [2.24, 2.45) is 0 Å². The maximum absolute atomic E-state index is 14.1. The van der Waals surface area contributed by atoms with Crippen LogP contribution in [0, 0.1) is 24.1 Å². The minimum Gasteiger partial charge on any atom is -0.355 e. The number of hydrogen-bond donors (Lipinski definition) is 3. The van der Waals surface area contributed by atoms with E-state index >= 15 is 0 Å². The molecule has 0 bridgehead atoms. The van der Waals surface area contributed by atoms with E-state index in [2.05, 4.69) is 25.3 Å². The number of nitriles is 1. The lowest BCUT2D eigenvalue weighted by molar-refractivity contribution is 0.0958. The lowest BCUT2D eigenvalue weighted by Gasteiger charge is -2.09. The Hall–Kier alpha value is -3.84. The molecule has 0 atom stereocenters. The maximum atomic E-state index is 14.1. The smallest absolute Gasteiger partial charge is 0.260 e. The molecule has 2 heterocycles. The molecule has 8 nitrogen and oxygen atoms in total. The number of carbonyl (C=O) groups excluding carboxylic acids is 2. The molecule has 0 saturated carbocycles. The van der Waals surface area contributed by atoms with Gasteiger partial charge in [0, 0.05) is 18.9 Å². The average Bonchev–Trinajstić information content (AvgIpc) is 3.08. The van der Waals surface area contributed by atoms with Crippen LogP contribution in [0.25, 0.3) is 0 Å². The molecule has 3 rings (SSSR count). The summed E-state index contributed by atoms with van der Waals surface area (Å²) in [4.78, 5) is 28.4. The number of nitrogens with one attached hydrogen (secondary N) is 3. The van der Waals surface area contributed by atoms with Gasteiger partial charge in [-0.2, -0.15) is 9.64 Å². The summed E-state index contributed by atoms with van der Waals surface area (Å²) in [5, 5.41) is 17.3. The normalized spacial score (nSPS) is 10.1. The van der Waals surface area contributed by atoms with Gasteiger partial charge in [0.25, 0.3) is 11.8 Å². The van der Waals surface area contributed by atoms with Gasteiger partial charge in [-0.25, -0.2) is 9.37 Å².